The number of nitrogens with zero attached hydrogens (tertiary/aromatic N) is 1. The van der Waals surface area contributed by atoms with Crippen LogP contribution in [0.25, 0.3) is 0 Å². The van der Waals surface area contributed by atoms with Gasteiger partial charge in [0.15, 0.2) is 0 Å². The first-order valence-electron chi connectivity index (χ1n) is 8.50. The molecule has 0 atom stereocenters. The number of sulfonamides is 1. The van der Waals surface area contributed by atoms with Gasteiger partial charge in [0.1, 0.15) is 0 Å². The predicted molar refractivity (Wildman–Crippen MR) is 104 cm³/mol. The van der Waals surface area contributed by atoms with Crippen LogP contribution < -0.4 is 10.0 Å². The van der Waals surface area contributed by atoms with E-state index in [4.69, 9.17) is 0 Å². The van der Waals surface area contributed by atoms with E-state index in [0.717, 1.165) is 19.4 Å². The molecule has 0 aromatic heterocycles. The van der Waals surface area contributed by atoms with Crippen molar-refractivity contribution < 1.29 is 13.2 Å². The van der Waals surface area contributed by atoms with Crippen LogP contribution in [0.2, 0.25) is 0 Å². The minimum Gasteiger partial charge on any atom is -0.339 e. The minimum absolute atomic E-state index is 0. The number of halogens is 1. The Balaban J connectivity index is 0.00000312. The van der Waals surface area contributed by atoms with E-state index in [9.17, 15) is 13.2 Å². The van der Waals surface area contributed by atoms with Gasteiger partial charge in [-0.2, -0.15) is 0 Å². The first kappa shape index (κ1) is 21.7. The number of hydrogen-bond donors (Lipinski definition) is 2. The summed E-state index contributed by atoms with van der Waals surface area (Å²) in [4.78, 5) is 14.6. The van der Waals surface area contributed by atoms with Gasteiger partial charge in [0.05, 0.1) is 17.0 Å². The van der Waals surface area contributed by atoms with Crippen LogP contribution in [0.1, 0.15) is 36.5 Å². The maximum Gasteiger partial charge on any atom is 0.255 e. The van der Waals surface area contributed by atoms with Gasteiger partial charge < -0.3 is 10.2 Å². The van der Waals surface area contributed by atoms with Gasteiger partial charge in [-0.1, -0.05) is 19.1 Å². The number of carbonyl (C=O) groups is 1. The molecular weight excluding hydrogens is 362 g/mol. The van der Waals surface area contributed by atoms with E-state index in [1.165, 1.54) is 0 Å². The summed E-state index contributed by atoms with van der Waals surface area (Å²) in [5, 5.41) is 3.18. The van der Waals surface area contributed by atoms with Crippen molar-refractivity contribution in [2.24, 2.45) is 5.92 Å². The Bertz CT molecular complexity index is 659. The van der Waals surface area contributed by atoms with E-state index in [2.05, 4.69) is 10.0 Å². The fraction of sp³-hybridized carbons (Fsp3) is 0.588. The van der Waals surface area contributed by atoms with Gasteiger partial charge in [0.2, 0.25) is 10.0 Å². The van der Waals surface area contributed by atoms with E-state index >= 15 is 0 Å². The molecule has 1 aliphatic heterocycles. The Kier molecular flexibility index (Phi) is 8.68. The van der Waals surface area contributed by atoms with Crippen molar-refractivity contribution in [2.45, 2.75) is 26.2 Å². The third-order valence-electron chi connectivity index (χ3n) is 4.29. The summed E-state index contributed by atoms with van der Waals surface area (Å²) < 4.78 is 26.6. The standard InChI is InChI=1S/C17H27N3O3S.ClH/c1-3-12-24(22,23)19-16-7-5-4-6-15(16)17(21)20-10-8-14(9-11-20)13-18-2;/h4-7,14,18-19H,3,8-13H2,1-2H3;1H. The van der Waals surface area contributed by atoms with Gasteiger partial charge in [0, 0.05) is 13.1 Å². The van der Waals surface area contributed by atoms with Crippen molar-refractivity contribution in [3.63, 3.8) is 0 Å². The quantitative estimate of drug-likeness (QED) is 0.750. The lowest BCUT2D eigenvalue weighted by molar-refractivity contribution is 0.0692. The molecule has 142 valence electrons. The Morgan fingerprint density at radius 2 is 1.88 bits per heavy atom. The van der Waals surface area contributed by atoms with E-state index in [-0.39, 0.29) is 24.1 Å². The Hall–Kier alpha value is -1.31. The van der Waals surface area contributed by atoms with Crippen LogP contribution in [-0.2, 0) is 10.0 Å². The summed E-state index contributed by atoms with van der Waals surface area (Å²) in [5.74, 6) is 0.537. The topological polar surface area (TPSA) is 78.5 Å². The van der Waals surface area contributed by atoms with E-state index in [1.54, 1.807) is 24.3 Å². The average molecular weight is 390 g/mol. The fourth-order valence-corrected chi connectivity index (χ4v) is 4.20. The second-order valence-electron chi connectivity index (χ2n) is 6.26. The third-order valence-corrected chi connectivity index (χ3v) is 5.77. The molecule has 0 spiro atoms. The summed E-state index contributed by atoms with van der Waals surface area (Å²) >= 11 is 0. The average Bonchev–Trinajstić information content (AvgIpc) is 2.55. The van der Waals surface area contributed by atoms with E-state index in [1.807, 2.05) is 18.9 Å². The lowest BCUT2D eigenvalue weighted by atomic mass is 9.96. The third kappa shape index (κ3) is 6.17. The minimum atomic E-state index is -3.42. The molecule has 8 heteroatoms. The van der Waals surface area contributed by atoms with E-state index < -0.39 is 10.0 Å². The monoisotopic (exact) mass is 389 g/mol. The summed E-state index contributed by atoms with van der Waals surface area (Å²) in [7, 11) is -1.48. The zero-order valence-corrected chi connectivity index (χ0v) is 16.5. The highest BCUT2D eigenvalue weighted by atomic mass is 35.5. The number of amides is 1. The molecule has 1 saturated heterocycles. The van der Waals surface area contributed by atoms with Crippen LogP contribution in [0, 0.1) is 5.92 Å². The molecule has 1 aromatic carbocycles. The second kappa shape index (κ2) is 9.99. The molecule has 2 N–H and O–H groups in total. The van der Waals surface area contributed by atoms with Gasteiger partial charge in [-0.3, -0.25) is 9.52 Å². The summed E-state index contributed by atoms with van der Waals surface area (Å²) in [5.41, 5.74) is 0.789. The zero-order chi connectivity index (χ0) is 17.6. The largest absolute Gasteiger partial charge is 0.339 e. The van der Waals surface area contributed by atoms with Crippen molar-refractivity contribution in [1.82, 2.24) is 10.2 Å². The summed E-state index contributed by atoms with van der Waals surface area (Å²) in [6, 6.07) is 6.83. The number of carbonyl (C=O) groups excluding carboxylic acids is 1. The number of benzene rings is 1. The predicted octanol–water partition coefficient (Wildman–Crippen LogP) is 2.33. The van der Waals surface area contributed by atoms with Crippen molar-refractivity contribution in [3.8, 4) is 0 Å². The van der Waals surface area contributed by atoms with Crippen LogP contribution in [0.5, 0.6) is 0 Å². The van der Waals surface area contributed by atoms with Gasteiger partial charge >= 0.3 is 0 Å². The lowest BCUT2D eigenvalue weighted by Crippen LogP contribution is -2.40. The number of anilines is 1. The molecule has 0 radical (unpaired) electrons. The molecule has 0 aliphatic carbocycles. The molecule has 0 saturated carbocycles. The highest BCUT2D eigenvalue weighted by molar-refractivity contribution is 7.92. The number of rotatable bonds is 7. The Morgan fingerprint density at radius 3 is 2.48 bits per heavy atom. The summed E-state index contributed by atoms with van der Waals surface area (Å²) in [6.07, 6.45) is 2.47. The number of nitrogens with one attached hydrogen (secondary N) is 2. The Labute approximate surface area is 156 Å². The normalized spacial score (nSPS) is 15.5. The SMILES string of the molecule is CCCS(=O)(=O)Nc1ccccc1C(=O)N1CCC(CNC)CC1.Cl. The van der Waals surface area contributed by atoms with E-state index in [0.29, 0.717) is 36.7 Å². The van der Waals surface area contributed by atoms with Gasteiger partial charge in [-0.15, -0.1) is 12.4 Å². The van der Waals surface area contributed by atoms with Crippen LogP contribution in [0.4, 0.5) is 5.69 Å². The molecule has 1 fully saturated rings. The molecule has 2 rings (SSSR count). The maximum atomic E-state index is 12.8. The molecule has 1 heterocycles. The van der Waals surface area contributed by atoms with Gasteiger partial charge in [0.25, 0.3) is 5.91 Å². The smallest absolute Gasteiger partial charge is 0.255 e. The molecule has 1 aliphatic rings. The zero-order valence-electron chi connectivity index (χ0n) is 14.8. The maximum absolute atomic E-state index is 12.8. The van der Waals surface area contributed by atoms with Crippen molar-refractivity contribution in [3.05, 3.63) is 29.8 Å². The number of hydrogen-bond acceptors (Lipinski definition) is 4. The molecule has 0 unspecified atom stereocenters. The van der Waals surface area contributed by atoms with Crippen molar-refractivity contribution in [1.29, 1.82) is 0 Å². The molecule has 6 nitrogen and oxygen atoms in total. The highest BCUT2D eigenvalue weighted by Crippen LogP contribution is 2.23. The molecule has 25 heavy (non-hydrogen) atoms. The first-order chi connectivity index (χ1) is 11.5. The highest BCUT2D eigenvalue weighted by Gasteiger charge is 2.25. The van der Waals surface area contributed by atoms with Gasteiger partial charge in [-0.25, -0.2) is 8.42 Å². The van der Waals surface area contributed by atoms with Crippen molar-refractivity contribution in [2.75, 3.05) is 37.2 Å². The van der Waals surface area contributed by atoms with Gasteiger partial charge in [-0.05, 0) is 50.9 Å². The molecule has 0 bridgehead atoms. The molecule has 1 aromatic rings. The van der Waals surface area contributed by atoms with Crippen molar-refractivity contribution >= 4 is 34.0 Å². The second-order valence-corrected chi connectivity index (χ2v) is 8.10. The molecular formula is C17H28ClN3O3S. The van der Waals surface area contributed by atoms with Crippen LogP contribution >= 0.6 is 12.4 Å². The lowest BCUT2D eigenvalue weighted by Gasteiger charge is -2.32. The summed E-state index contributed by atoms with van der Waals surface area (Å²) in [6.45, 7) is 4.20. The fourth-order valence-electron chi connectivity index (χ4n) is 3.05. The number of likely N-dealkylation sites (tertiary alicyclic amines) is 1. The number of para-hydroxylation sites is 1. The van der Waals surface area contributed by atoms with Crippen LogP contribution in [0.3, 0.4) is 0 Å². The van der Waals surface area contributed by atoms with Crippen LogP contribution in [-0.4, -0.2) is 51.7 Å². The molecule has 1 amide bonds. The number of piperidine rings is 1. The van der Waals surface area contributed by atoms with Crippen LogP contribution in [0.15, 0.2) is 24.3 Å². The Morgan fingerprint density at radius 1 is 1.24 bits per heavy atom. The first-order valence-corrected chi connectivity index (χ1v) is 10.2.